The van der Waals surface area contributed by atoms with Crippen LogP contribution in [0.15, 0.2) is 192 Å². The van der Waals surface area contributed by atoms with E-state index in [1.807, 2.05) is 11.3 Å². The van der Waals surface area contributed by atoms with E-state index < -0.39 is 0 Å². The third-order valence-corrected chi connectivity index (χ3v) is 11.8. The minimum absolute atomic E-state index is 0.868. The van der Waals surface area contributed by atoms with Gasteiger partial charge in [0.2, 0.25) is 0 Å². The van der Waals surface area contributed by atoms with Gasteiger partial charge < -0.3 is 9.32 Å². The Balaban J connectivity index is 1.12. The van der Waals surface area contributed by atoms with Crippen molar-refractivity contribution in [3.8, 4) is 22.3 Å². The predicted molar refractivity (Wildman–Crippen MR) is 227 cm³/mol. The van der Waals surface area contributed by atoms with Crippen molar-refractivity contribution in [1.82, 2.24) is 0 Å². The first-order valence-corrected chi connectivity index (χ1v) is 18.8. The van der Waals surface area contributed by atoms with Gasteiger partial charge in [0.1, 0.15) is 11.2 Å². The van der Waals surface area contributed by atoms with E-state index in [2.05, 4.69) is 193 Å². The van der Waals surface area contributed by atoms with Crippen LogP contribution in [0.4, 0.5) is 17.1 Å². The smallest absolute Gasteiger partial charge is 0.143 e. The van der Waals surface area contributed by atoms with Gasteiger partial charge in [0, 0.05) is 53.8 Å². The molecule has 2 nitrogen and oxygen atoms in total. The summed E-state index contributed by atoms with van der Waals surface area (Å²) < 4.78 is 9.64. The van der Waals surface area contributed by atoms with Gasteiger partial charge in [0.15, 0.2) is 0 Å². The first kappa shape index (κ1) is 30.0. The second-order valence-corrected chi connectivity index (χ2v) is 14.7. The maximum Gasteiger partial charge on any atom is 0.143 e. The number of hydrogen-bond donors (Lipinski definition) is 0. The lowest BCUT2D eigenvalue weighted by Gasteiger charge is -2.26. The number of anilines is 3. The molecule has 0 aliphatic carbocycles. The molecule has 9 aromatic carbocycles. The number of hydrogen-bond acceptors (Lipinski definition) is 3. The second kappa shape index (κ2) is 11.9. The lowest BCUT2D eigenvalue weighted by atomic mass is 9.93. The average molecular weight is 694 g/mol. The zero-order valence-electron chi connectivity index (χ0n) is 28.7. The fourth-order valence-electron chi connectivity index (χ4n) is 8.22. The van der Waals surface area contributed by atoms with Crippen molar-refractivity contribution in [3.63, 3.8) is 0 Å². The Morgan fingerprint density at radius 2 is 0.943 bits per heavy atom. The van der Waals surface area contributed by atoms with Crippen molar-refractivity contribution in [3.05, 3.63) is 188 Å². The monoisotopic (exact) mass is 693 g/mol. The average Bonchev–Trinajstić information content (AvgIpc) is 3.81. The SMILES string of the molecule is c1ccc(-c2cc(N(c3ccccc3)c3ccc(-c4ccc5c(c4)sc4ccccc45)cc3)cc3oc4c5ccccc5c5ccccc5c4c23)cc1. The summed E-state index contributed by atoms with van der Waals surface area (Å²) in [4.78, 5) is 2.34. The normalized spacial score (nSPS) is 11.8. The quantitative estimate of drug-likeness (QED) is 0.167. The number of rotatable bonds is 5. The van der Waals surface area contributed by atoms with Crippen molar-refractivity contribution in [1.29, 1.82) is 0 Å². The van der Waals surface area contributed by atoms with Gasteiger partial charge in [0.05, 0.1) is 5.69 Å². The summed E-state index contributed by atoms with van der Waals surface area (Å²) >= 11 is 1.86. The molecule has 0 radical (unpaired) electrons. The standard InChI is InChI=1S/C50H31NOS/c1-3-13-33(14-4-1)44-30-37(31-45-48(44)49-42-20-9-7-17-38(42)39-18-8-10-21-43(39)50(49)52-45)51(35-15-5-2-6-16-35)36-26-23-32(24-27-36)34-25-28-41-40-19-11-12-22-46(40)53-47(41)29-34/h1-31H. The van der Waals surface area contributed by atoms with Crippen molar-refractivity contribution >= 4 is 92.1 Å². The predicted octanol–water partition coefficient (Wildman–Crippen LogP) is 15.1. The molecule has 2 heterocycles. The summed E-state index contributed by atoms with van der Waals surface area (Å²) in [5.41, 5.74) is 9.70. The third kappa shape index (κ3) is 4.78. The highest BCUT2D eigenvalue weighted by molar-refractivity contribution is 7.25. The number of thiophene rings is 1. The zero-order chi connectivity index (χ0) is 34.9. The van der Waals surface area contributed by atoms with E-state index in [0.717, 1.165) is 55.5 Å². The highest BCUT2D eigenvalue weighted by atomic mass is 32.1. The number of nitrogens with zero attached hydrogens (tertiary/aromatic N) is 1. The van der Waals surface area contributed by atoms with E-state index in [0.29, 0.717) is 0 Å². The summed E-state index contributed by atoms with van der Waals surface area (Å²) in [5, 5.41) is 9.70. The molecule has 248 valence electrons. The molecule has 3 heteroatoms. The van der Waals surface area contributed by atoms with Crippen LogP contribution in [0.3, 0.4) is 0 Å². The van der Waals surface area contributed by atoms with Crippen molar-refractivity contribution in [2.45, 2.75) is 0 Å². The minimum Gasteiger partial charge on any atom is -0.455 e. The van der Waals surface area contributed by atoms with E-state index in [1.54, 1.807) is 0 Å². The van der Waals surface area contributed by atoms with Crippen LogP contribution in [-0.2, 0) is 0 Å². The lowest BCUT2D eigenvalue weighted by Crippen LogP contribution is -2.10. The van der Waals surface area contributed by atoms with Gasteiger partial charge >= 0.3 is 0 Å². The molecule has 0 amide bonds. The van der Waals surface area contributed by atoms with Gasteiger partial charge in [-0.1, -0.05) is 140 Å². The Bertz CT molecular complexity index is 3160. The first-order chi connectivity index (χ1) is 26.3. The largest absolute Gasteiger partial charge is 0.455 e. The molecule has 0 N–H and O–H groups in total. The summed E-state index contributed by atoms with van der Waals surface area (Å²) in [6.07, 6.45) is 0. The molecule has 53 heavy (non-hydrogen) atoms. The van der Waals surface area contributed by atoms with Crippen LogP contribution in [-0.4, -0.2) is 0 Å². The second-order valence-electron chi connectivity index (χ2n) is 13.7. The molecule has 0 saturated heterocycles. The minimum atomic E-state index is 0.868. The van der Waals surface area contributed by atoms with E-state index in [-0.39, 0.29) is 0 Å². The fourth-order valence-corrected chi connectivity index (χ4v) is 9.36. The van der Waals surface area contributed by atoms with Crippen LogP contribution >= 0.6 is 11.3 Å². The van der Waals surface area contributed by atoms with Gasteiger partial charge in [-0.2, -0.15) is 0 Å². The first-order valence-electron chi connectivity index (χ1n) is 18.0. The summed E-state index contributed by atoms with van der Waals surface area (Å²) in [5.74, 6) is 0. The van der Waals surface area contributed by atoms with Gasteiger partial charge in [-0.05, 0) is 80.9 Å². The molecule has 0 fully saturated rings. The molecular weight excluding hydrogens is 663 g/mol. The molecular formula is C50H31NOS. The fraction of sp³-hybridized carbons (Fsp3) is 0. The lowest BCUT2D eigenvalue weighted by molar-refractivity contribution is 0.673. The molecule has 11 aromatic rings. The van der Waals surface area contributed by atoms with Crippen LogP contribution in [0.1, 0.15) is 0 Å². The van der Waals surface area contributed by atoms with Gasteiger partial charge in [-0.25, -0.2) is 0 Å². The molecule has 0 aliphatic rings. The number of furan rings is 1. The highest BCUT2D eigenvalue weighted by Crippen LogP contribution is 2.47. The van der Waals surface area contributed by atoms with E-state index in [9.17, 15) is 0 Å². The molecule has 0 bridgehead atoms. The third-order valence-electron chi connectivity index (χ3n) is 10.6. The van der Waals surface area contributed by atoms with Crippen LogP contribution < -0.4 is 4.90 Å². The van der Waals surface area contributed by atoms with E-state index >= 15 is 0 Å². The summed E-state index contributed by atoms with van der Waals surface area (Å²) in [6.45, 7) is 0. The Morgan fingerprint density at radius 3 is 1.72 bits per heavy atom. The Morgan fingerprint density at radius 1 is 0.358 bits per heavy atom. The molecule has 0 aliphatic heterocycles. The van der Waals surface area contributed by atoms with E-state index in [4.69, 9.17) is 4.42 Å². The van der Waals surface area contributed by atoms with Crippen LogP contribution in [0.25, 0.3) is 85.9 Å². The maximum absolute atomic E-state index is 7.01. The Kier molecular flexibility index (Phi) is 6.76. The highest BCUT2D eigenvalue weighted by Gasteiger charge is 2.22. The molecule has 0 atom stereocenters. The van der Waals surface area contributed by atoms with E-state index in [1.165, 1.54) is 47.5 Å². The zero-order valence-corrected chi connectivity index (χ0v) is 29.5. The van der Waals surface area contributed by atoms with Crippen molar-refractivity contribution < 1.29 is 4.42 Å². The molecule has 2 aromatic heterocycles. The van der Waals surface area contributed by atoms with Crippen LogP contribution in [0.2, 0.25) is 0 Å². The van der Waals surface area contributed by atoms with Crippen LogP contribution in [0, 0.1) is 0 Å². The Hall–Kier alpha value is -6.68. The number of benzene rings is 9. The Labute approximate surface area is 310 Å². The maximum atomic E-state index is 7.01. The van der Waals surface area contributed by atoms with Crippen LogP contribution in [0.5, 0.6) is 0 Å². The summed E-state index contributed by atoms with van der Waals surface area (Å²) in [7, 11) is 0. The topological polar surface area (TPSA) is 16.4 Å². The number of fused-ring (bicyclic) bond motifs is 11. The van der Waals surface area contributed by atoms with Gasteiger partial charge in [-0.15, -0.1) is 11.3 Å². The molecule has 0 unspecified atom stereocenters. The molecule has 11 rings (SSSR count). The van der Waals surface area contributed by atoms with Crippen molar-refractivity contribution in [2.24, 2.45) is 0 Å². The van der Waals surface area contributed by atoms with Gasteiger partial charge in [0.25, 0.3) is 0 Å². The molecule has 0 spiro atoms. The molecule has 0 saturated carbocycles. The van der Waals surface area contributed by atoms with Gasteiger partial charge in [-0.3, -0.25) is 0 Å². The summed E-state index contributed by atoms with van der Waals surface area (Å²) in [6, 6.07) is 67.8. The van der Waals surface area contributed by atoms with Crippen molar-refractivity contribution in [2.75, 3.05) is 4.90 Å². The number of para-hydroxylation sites is 1.